The van der Waals surface area contributed by atoms with E-state index in [1.165, 1.54) is 30.9 Å². The fraction of sp³-hybridized carbons (Fsp3) is 0.263. The molecule has 0 fully saturated rings. The molecule has 2 aromatic carbocycles. The zero-order valence-corrected chi connectivity index (χ0v) is 16.9. The first kappa shape index (κ1) is 19.8. The summed E-state index contributed by atoms with van der Waals surface area (Å²) in [7, 11) is 0.657. The molecule has 0 aliphatic heterocycles. The molecule has 3 rings (SSSR count). The zero-order valence-electron chi connectivity index (χ0n) is 16.1. The second-order valence-corrected chi connectivity index (χ2v) is 8.11. The van der Waals surface area contributed by atoms with E-state index >= 15 is 0 Å². The summed E-state index contributed by atoms with van der Waals surface area (Å²) in [4.78, 5) is 3.98. The van der Waals surface area contributed by atoms with Crippen LogP contribution in [0.2, 0.25) is 0 Å². The third kappa shape index (κ3) is 3.71. The van der Waals surface area contributed by atoms with E-state index in [-0.39, 0.29) is 10.6 Å². The summed E-state index contributed by atoms with van der Waals surface area (Å²) in [5.74, 6) is 0.707. The molecular weight excluding hydrogens is 380 g/mol. The Morgan fingerprint density at radius 1 is 1.07 bits per heavy atom. The molecule has 0 radical (unpaired) electrons. The first-order chi connectivity index (χ1) is 13.4. The minimum absolute atomic E-state index is 0.0583. The van der Waals surface area contributed by atoms with Gasteiger partial charge in [0.1, 0.15) is 29.0 Å². The number of hydrogen-bond donors (Lipinski definition) is 0. The second-order valence-electron chi connectivity index (χ2n) is 6.15. The molecular formula is C19H22N4O4S. The Bertz CT molecular complexity index is 1030. The van der Waals surface area contributed by atoms with Gasteiger partial charge in [-0.25, -0.2) is 18.1 Å². The Balaban J connectivity index is 1.91. The van der Waals surface area contributed by atoms with Crippen LogP contribution in [0.5, 0.6) is 11.5 Å². The van der Waals surface area contributed by atoms with Gasteiger partial charge in [-0.05, 0) is 36.8 Å². The quantitative estimate of drug-likeness (QED) is 0.604. The van der Waals surface area contributed by atoms with Crippen LogP contribution in [0, 0.1) is 0 Å². The van der Waals surface area contributed by atoms with Crippen LogP contribution in [0.25, 0.3) is 5.69 Å². The van der Waals surface area contributed by atoms with Crippen molar-refractivity contribution in [2.75, 3.05) is 21.3 Å². The molecule has 0 unspecified atom stereocenters. The molecule has 8 nitrogen and oxygen atoms in total. The molecule has 0 amide bonds. The van der Waals surface area contributed by atoms with Crippen LogP contribution in [0.1, 0.15) is 18.5 Å². The Hall–Kier alpha value is -2.91. The van der Waals surface area contributed by atoms with Gasteiger partial charge in [-0.1, -0.05) is 12.1 Å². The molecule has 0 saturated heterocycles. The monoisotopic (exact) mass is 402 g/mol. The number of hydrogen-bond acceptors (Lipinski definition) is 6. The van der Waals surface area contributed by atoms with E-state index in [0.29, 0.717) is 5.75 Å². The van der Waals surface area contributed by atoms with Crippen LogP contribution in [-0.2, 0) is 10.0 Å². The van der Waals surface area contributed by atoms with Crippen molar-refractivity contribution in [2.24, 2.45) is 0 Å². The van der Waals surface area contributed by atoms with Gasteiger partial charge in [0, 0.05) is 19.2 Å². The summed E-state index contributed by atoms with van der Waals surface area (Å²) in [6.07, 6.45) is 3.06. The van der Waals surface area contributed by atoms with Crippen LogP contribution in [-0.4, -0.2) is 48.8 Å². The van der Waals surface area contributed by atoms with Gasteiger partial charge in [-0.15, -0.1) is 0 Å². The minimum Gasteiger partial charge on any atom is -0.497 e. The highest BCUT2D eigenvalue weighted by atomic mass is 32.2. The molecule has 28 heavy (non-hydrogen) atoms. The van der Waals surface area contributed by atoms with Crippen LogP contribution < -0.4 is 9.47 Å². The number of aromatic nitrogens is 3. The Morgan fingerprint density at radius 2 is 1.79 bits per heavy atom. The van der Waals surface area contributed by atoms with Crippen LogP contribution in [0.3, 0.4) is 0 Å². The van der Waals surface area contributed by atoms with Crippen molar-refractivity contribution >= 4 is 10.0 Å². The van der Waals surface area contributed by atoms with Gasteiger partial charge in [-0.2, -0.15) is 9.40 Å². The van der Waals surface area contributed by atoms with Crippen LogP contribution in [0.4, 0.5) is 0 Å². The zero-order chi connectivity index (χ0) is 20.3. The third-order valence-corrected chi connectivity index (χ3v) is 6.58. The molecule has 0 spiro atoms. The SMILES string of the molecule is COc1ccc(OC)c(S(=O)(=O)N(C)[C@@H](C)c2ccc(-n3cncn3)cc2)c1. The lowest BCUT2D eigenvalue weighted by molar-refractivity contribution is 0.376. The van der Waals surface area contributed by atoms with Gasteiger partial charge >= 0.3 is 0 Å². The largest absolute Gasteiger partial charge is 0.497 e. The lowest BCUT2D eigenvalue weighted by Crippen LogP contribution is -2.30. The van der Waals surface area contributed by atoms with Crippen molar-refractivity contribution in [3.8, 4) is 17.2 Å². The average molecular weight is 402 g/mol. The normalized spacial score (nSPS) is 12.8. The van der Waals surface area contributed by atoms with Crippen molar-refractivity contribution in [2.45, 2.75) is 17.9 Å². The van der Waals surface area contributed by atoms with Gasteiger partial charge in [-0.3, -0.25) is 0 Å². The summed E-state index contributed by atoms with van der Waals surface area (Å²) >= 11 is 0. The number of nitrogens with zero attached hydrogens (tertiary/aromatic N) is 4. The smallest absolute Gasteiger partial charge is 0.247 e. The maximum Gasteiger partial charge on any atom is 0.247 e. The van der Waals surface area contributed by atoms with Gasteiger partial charge < -0.3 is 9.47 Å². The third-order valence-electron chi connectivity index (χ3n) is 4.63. The molecule has 1 heterocycles. The Kier molecular flexibility index (Phi) is 5.66. The first-order valence-electron chi connectivity index (χ1n) is 8.53. The molecule has 9 heteroatoms. The molecule has 0 aliphatic rings. The van der Waals surface area contributed by atoms with E-state index < -0.39 is 16.1 Å². The van der Waals surface area contributed by atoms with Crippen molar-refractivity contribution < 1.29 is 17.9 Å². The summed E-state index contributed by atoms with van der Waals surface area (Å²) in [5.41, 5.74) is 1.69. The summed E-state index contributed by atoms with van der Waals surface area (Å²) in [6.45, 7) is 1.83. The fourth-order valence-corrected chi connectivity index (χ4v) is 4.32. The molecule has 0 N–H and O–H groups in total. The van der Waals surface area contributed by atoms with E-state index in [4.69, 9.17) is 9.47 Å². The van der Waals surface area contributed by atoms with E-state index in [1.54, 1.807) is 30.2 Å². The van der Waals surface area contributed by atoms with E-state index in [9.17, 15) is 8.42 Å². The first-order valence-corrected chi connectivity index (χ1v) is 9.97. The lowest BCUT2D eigenvalue weighted by Gasteiger charge is -2.25. The number of ether oxygens (including phenoxy) is 2. The van der Waals surface area contributed by atoms with E-state index in [1.807, 2.05) is 31.2 Å². The van der Waals surface area contributed by atoms with Crippen molar-refractivity contribution in [3.05, 3.63) is 60.7 Å². The number of rotatable bonds is 7. The van der Waals surface area contributed by atoms with Gasteiger partial charge in [0.05, 0.1) is 19.9 Å². The summed E-state index contributed by atoms with van der Waals surface area (Å²) in [5, 5.41) is 4.08. The predicted molar refractivity (Wildman–Crippen MR) is 104 cm³/mol. The number of sulfonamides is 1. The van der Waals surface area contributed by atoms with Crippen LogP contribution in [0.15, 0.2) is 60.0 Å². The Labute approximate surface area is 164 Å². The molecule has 3 aromatic rings. The topological polar surface area (TPSA) is 86.5 Å². The predicted octanol–water partition coefficient (Wildman–Crippen LogP) is 2.67. The molecule has 0 saturated carbocycles. The highest BCUT2D eigenvalue weighted by Crippen LogP contribution is 2.33. The highest BCUT2D eigenvalue weighted by Gasteiger charge is 2.29. The van der Waals surface area contributed by atoms with Crippen molar-refractivity contribution in [1.82, 2.24) is 19.1 Å². The Morgan fingerprint density at radius 3 is 2.36 bits per heavy atom. The standard InChI is InChI=1S/C19H22N4O4S/c1-14(15-5-7-16(8-6-15)23-13-20-12-21-23)22(2)28(24,25)19-11-17(26-3)9-10-18(19)27-4/h5-14H,1-4H3/t14-/m0/s1. The fourth-order valence-electron chi connectivity index (χ4n) is 2.81. The second kappa shape index (κ2) is 7.99. The molecule has 0 bridgehead atoms. The van der Waals surface area contributed by atoms with E-state index in [2.05, 4.69) is 10.1 Å². The van der Waals surface area contributed by atoms with Gasteiger partial charge in [0.2, 0.25) is 10.0 Å². The van der Waals surface area contributed by atoms with E-state index in [0.717, 1.165) is 11.3 Å². The van der Waals surface area contributed by atoms with Gasteiger partial charge in [0.15, 0.2) is 0 Å². The maximum absolute atomic E-state index is 13.2. The molecule has 1 aromatic heterocycles. The minimum atomic E-state index is -3.81. The molecule has 148 valence electrons. The number of methoxy groups -OCH3 is 2. The summed E-state index contributed by atoms with van der Waals surface area (Å²) < 4.78 is 39.8. The van der Waals surface area contributed by atoms with Crippen molar-refractivity contribution in [1.29, 1.82) is 0 Å². The maximum atomic E-state index is 13.2. The van der Waals surface area contributed by atoms with Crippen molar-refractivity contribution in [3.63, 3.8) is 0 Å². The highest BCUT2D eigenvalue weighted by molar-refractivity contribution is 7.89. The number of benzene rings is 2. The van der Waals surface area contributed by atoms with Gasteiger partial charge in [0.25, 0.3) is 0 Å². The molecule has 1 atom stereocenters. The van der Waals surface area contributed by atoms with Crippen LogP contribution >= 0.6 is 0 Å². The summed E-state index contributed by atoms with van der Waals surface area (Å²) in [6, 6.07) is 11.8. The lowest BCUT2D eigenvalue weighted by atomic mass is 10.1. The average Bonchev–Trinajstić information content (AvgIpc) is 3.27. The molecule has 0 aliphatic carbocycles.